The molecule has 5 nitrogen and oxygen atoms in total. The van der Waals surface area contributed by atoms with Gasteiger partial charge in [0.25, 0.3) is 0 Å². The van der Waals surface area contributed by atoms with Crippen molar-refractivity contribution in [3.05, 3.63) is 35.7 Å². The zero-order valence-corrected chi connectivity index (χ0v) is 11.3. The summed E-state index contributed by atoms with van der Waals surface area (Å²) in [6.45, 7) is 4.01. The number of hydrogen-bond donors (Lipinski definition) is 2. The first-order valence-electron chi connectivity index (χ1n) is 6.44. The zero-order valence-electron chi connectivity index (χ0n) is 11.3. The number of pyridine rings is 1. The molecule has 0 atom stereocenters. The topological polar surface area (TPSA) is 70.7 Å². The fraction of sp³-hybridized carbons (Fsp3) is 0.200. The monoisotopic (exact) mass is 269 g/mol. The third-order valence-corrected chi connectivity index (χ3v) is 2.88. The van der Waals surface area contributed by atoms with Crippen molar-refractivity contribution < 1.29 is 9.52 Å². The molecule has 102 valence electrons. The van der Waals surface area contributed by atoms with Gasteiger partial charge >= 0.3 is 0 Å². The molecule has 0 saturated heterocycles. The van der Waals surface area contributed by atoms with Crippen LogP contribution < -0.4 is 5.32 Å². The molecule has 3 heterocycles. The molecule has 20 heavy (non-hydrogen) atoms. The molecular weight excluding hydrogens is 254 g/mol. The molecule has 0 fully saturated rings. The Morgan fingerprint density at radius 3 is 3.05 bits per heavy atom. The summed E-state index contributed by atoms with van der Waals surface area (Å²) in [5.41, 5.74) is 1.80. The number of allylic oxidation sites excluding steroid dienone is 1. The van der Waals surface area contributed by atoms with E-state index < -0.39 is 0 Å². The number of hydrogen-bond acceptors (Lipinski definition) is 5. The minimum Gasteiger partial charge on any atom is -0.504 e. The highest BCUT2D eigenvalue weighted by Gasteiger charge is 2.15. The lowest BCUT2D eigenvalue weighted by Crippen LogP contribution is -2.08. The van der Waals surface area contributed by atoms with Gasteiger partial charge in [0.2, 0.25) is 0 Å². The van der Waals surface area contributed by atoms with Gasteiger partial charge in [0.1, 0.15) is 0 Å². The van der Waals surface area contributed by atoms with E-state index in [-0.39, 0.29) is 11.8 Å². The van der Waals surface area contributed by atoms with Crippen LogP contribution in [0.3, 0.4) is 0 Å². The van der Waals surface area contributed by atoms with E-state index in [0.29, 0.717) is 17.5 Å². The highest BCUT2D eigenvalue weighted by Crippen LogP contribution is 2.34. The molecule has 0 amide bonds. The van der Waals surface area contributed by atoms with E-state index in [9.17, 15) is 5.11 Å². The van der Waals surface area contributed by atoms with Crippen LogP contribution in [0.1, 0.15) is 25.2 Å². The average Bonchev–Trinajstić information content (AvgIpc) is 2.95. The number of anilines is 1. The Hall–Kier alpha value is -2.56. The Kier molecular flexibility index (Phi) is 3.02. The van der Waals surface area contributed by atoms with Crippen LogP contribution in [0.15, 0.2) is 33.8 Å². The van der Waals surface area contributed by atoms with Crippen molar-refractivity contribution in [3.63, 3.8) is 0 Å². The Balaban J connectivity index is 1.94. The lowest BCUT2D eigenvalue weighted by atomic mass is 10.1. The highest BCUT2D eigenvalue weighted by molar-refractivity contribution is 6.20. The second kappa shape index (κ2) is 4.85. The summed E-state index contributed by atoms with van der Waals surface area (Å²) in [4.78, 5) is 8.39. The Labute approximate surface area is 116 Å². The van der Waals surface area contributed by atoms with Gasteiger partial charge in [0.15, 0.2) is 23.2 Å². The van der Waals surface area contributed by atoms with Gasteiger partial charge in [-0.3, -0.25) is 0 Å². The molecule has 2 N–H and O–H groups in total. The van der Waals surface area contributed by atoms with Gasteiger partial charge in [-0.05, 0) is 32.1 Å². The Morgan fingerprint density at radius 1 is 1.40 bits per heavy atom. The van der Waals surface area contributed by atoms with Crippen molar-refractivity contribution in [2.24, 2.45) is 4.99 Å². The van der Waals surface area contributed by atoms with Gasteiger partial charge < -0.3 is 14.8 Å². The van der Waals surface area contributed by atoms with E-state index in [2.05, 4.69) is 15.3 Å². The number of nitrogens with zero attached hydrogens (tertiary/aromatic N) is 2. The van der Waals surface area contributed by atoms with E-state index >= 15 is 0 Å². The molecule has 0 aliphatic carbocycles. The van der Waals surface area contributed by atoms with E-state index in [1.807, 2.05) is 26.0 Å². The van der Waals surface area contributed by atoms with Crippen LogP contribution in [0.25, 0.3) is 11.6 Å². The molecule has 3 rings (SSSR count). The summed E-state index contributed by atoms with van der Waals surface area (Å²) >= 11 is 0. The quantitative estimate of drug-likeness (QED) is 0.895. The highest BCUT2D eigenvalue weighted by atomic mass is 16.4. The summed E-state index contributed by atoms with van der Waals surface area (Å²) in [5, 5.41) is 13.0. The van der Waals surface area contributed by atoms with Crippen molar-refractivity contribution in [2.45, 2.75) is 19.9 Å². The SMILES string of the molecule is CC(C)Nc1cc(O)c(C=C2C=Nc3ncccc32)o1. The van der Waals surface area contributed by atoms with Crippen LogP contribution in [0.4, 0.5) is 11.7 Å². The molecule has 0 aromatic carbocycles. The standard InChI is InChI=1S/C15H15N3O2/c1-9(2)18-14-7-12(19)13(20-14)6-10-8-17-15-11(10)4-3-5-16-15/h3-9,18-19H,1-2H3. The maximum Gasteiger partial charge on any atom is 0.197 e. The predicted molar refractivity (Wildman–Crippen MR) is 79.4 cm³/mol. The second-order valence-corrected chi connectivity index (χ2v) is 4.89. The van der Waals surface area contributed by atoms with Crippen LogP contribution in [0.5, 0.6) is 5.75 Å². The zero-order chi connectivity index (χ0) is 14.1. The number of fused-ring (bicyclic) bond motifs is 1. The fourth-order valence-corrected chi connectivity index (χ4v) is 2.04. The molecule has 2 aromatic rings. The molecule has 0 spiro atoms. The molecular formula is C15H15N3O2. The van der Waals surface area contributed by atoms with E-state index in [0.717, 1.165) is 11.1 Å². The molecule has 0 radical (unpaired) electrons. The van der Waals surface area contributed by atoms with E-state index in [1.54, 1.807) is 24.6 Å². The number of rotatable bonds is 3. The number of furan rings is 1. The molecule has 0 bridgehead atoms. The van der Waals surface area contributed by atoms with Crippen LogP contribution in [0, 0.1) is 0 Å². The lowest BCUT2D eigenvalue weighted by molar-refractivity contribution is 0.455. The molecule has 0 saturated carbocycles. The second-order valence-electron chi connectivity index (χ2n) is 4.89. The number of nitrogens with one attached hydrogen (secondary N) is 1. The largest absolute Gasteiger partial charge is 0.504 e. The first-order valence-corrected chi connectivity index (χ1v) is 6.44. The fourth-order valence-electron chi connectivity index (χ4n) is 2.04. The number of aromatic nitrogens is 1. The first kappa shape index (κ1) is 12.5. The van der Waals surface area contributed by atoms with Crippen molar-refractivity contribution in [3.8, 4) is 5.75 Å². The van der Waals surface area contributed by atoms with Crippen molar-refractivity contribution in [1.82, 2.24) is 4.98 Å². The third kappa shape index (κ3) is 2.30. The minimum atomic E-state index is 0.103. The Morgan fingerprint density at radius 2 is 2.25 bits per heavy atom. The average molecular weight is 269 g/mol. The number of aliphatic imine (C=N–C) groups is 1. The van der Waals surface area contributed by atoms with Crippen LogP contribution >= 0.6 is 0 Å². The van der Waals surface area contributed by atoms with Gasteiger partial charge in [-0.1, -0.05) is 0 Å². The van der Waals surface area contributed by atoms with Crippen LogP contribution in [-0.4, -0.2) is 22.3 Å². The maximum atomic E-state index is 9.91. The molecule has 1 aliphatic rings. The van der Waals surface area contributed by atoms with Gasteiger partial charge in [-0.15, -0.1) is 0 Å². The normalized spacial score (nSPS) is 15.1. The summed E-state index contributed by atoms with van der Waals surface area (Å²) in [6.07, 6.45) is 5.18. The van der Waals surface area contributed by atoms with Crippen molar-refractivity contribution in [1.29, 1.82) is 0 Å². The van der Waals surface area contributed by atoms with Gasteiger partial charge in [-0.2, -0.15) is 0 Å². The summed E-state index contributed by atoms with van der Waals surface area (Å²) < 4.78 is 5.58. The van der Waals surface area contributed by atoms with Gasteiger partial charge in [0, 0.05) is 35.7 Å². The van der Waals surface area contributed by atoms with Gasteiger partial charge in [0.05, 0.1) is 0 Å². The van der Waals surface area contributed by atoms with Crippen molar-refractivity contribution in [2.75, 3.05) is 5.32 Å². The van der Waals surface area contributed by atoms with Gasteiger partial charge in [-0.25, -0.2) is 9.98 Å². The van der Waals surface area contributed by atoms with Crippen molar-refractivity contribution >= 4 is 29.6 Å². The molecule has 2 aromatic heterocycles. The number of aromatic hydroxyl groups is 1. The molecule has 0 unspecified atom stereocenters. The van der Waals surface area contributed by atoms with Crippen LogP contribution in [0.2, 0.25) is 0 Å². The Bertz CT molecular complexity index is 699. The summed E-state index contributed by atoms with van der Waals surface area (Å²) in [6, 6.07) is 5.60. The third-order valence-electron chi connectivity index (χ3n) is 2.88. The molecule has 1 aliphatic heterocycles. The van der Waals surface area contributed by atoms with E-state index in [1.165, 1.54) is 0 Å². The summed E-state index contributed by atoms with van der Waals surface area (Å²) in [7, 11) is 0. The molecule has 5 heteroatoms. The smallest absolute Gasteiger partial charge is 0.197 e. The summed E-state index contributed by atoms with van der Waals surface area (Å²) in [5.74, 6) is 1.74. The maximum absolute atomic E-state index is 9.91. The van der Waals surface area contributed by atoms with Crippen LogP contribution in [-0.2, 0) is 0 Å². The first-order chi connectivity index (χ1) is 9.63. The minimum absolute atomic E-state index is 0.103. The lowest BCUT2D eigenvalue weighted by Gasteiger charge is -2.04. The van der Waals surface area contributed by atoms with E-state index in [4.69, 9.17) is 4.42 Å². The predicted octanol–water partition coefficient (Wildman–Crippen LogP) is 3.46.